The third kappa shape index (κ3) is 4.75. The van der Waals surface area contributed by atoms with Gasteiger partial charge in [0.05, 0.1) is 33.3 Å². The normalized spacial score (nSPS) is 27.9. The molecule has 0 bridgehead atoms. The molecular weight excluding hydrogens is 338 g/mol. The molecule has 0 radical (unpaired) electrons. The first-order valence-corrected chi connectivity index (χ1v) is 10.5. The number of nitrogens with zero attached hydrogens (tertiary/aromatic N) is 1. The highest BCUT2D eigenvalue weighted by atomic mass is 16.5. The van der Waals surface area contributed by atoms with Crippen molar-refractivity contribution in [2.24, 2.45) is 11.8 Å². The van der Waals surface area contributed by atoms with Crippen molar-refractivity contribution in [2.45, 2.75) is 52.1 Å². The van der Waals surface area contributed by atoms with Crippen molar-refractivity contribution < 1.29 is 14.4 Å². The van der Waals surface area contributed by atoms with Gasteiger partial charge in [-0.25, -0.2) is 0 Å². The molecule has 0 aromatic heterocycles. The highest BCUT2D eigenvalue weighted by Crippen LogP contribution is 2.29. The molecule has 1 saturated carbocycles. The molecule has 1 amide bonds. The van der Waals surface area contributed by atoms with Gasteiger partial charge < -0.3 is 19.9 Å². The molecule has 1 aliphatic heterocycles. The van der Waals surface area contributed by atoms with E-state index in [0.717, 1.165) is 38.3 Å². The Morgan fingerprint density at radius 1 is 1.19 bits per heavy atom. The van der Waals surface area contributed by atoms with Gasteiger partial charge in [0, 0.05) is 11.7 Å². The average molecular weight is 375 g/mol. The minimum atomic E-state index is 0.0208. The molecule has 1 aromatic carbocycles. The zero-order valence-corrected chi connectivity index (χ0v) is 17.3. The number of amides is 1. The number of carbonyl (C=O) groups excluding carboxylic acids is 1. The van der Waals surface area contributed by atoms with Crippen LogP contribution < -0.4 is 19.9 Å². The zero-order chi connectivity index (χ0) is 19.4. The first-order valence-electron chi connectivity index (χ1n) is 10.5. The van der Waals surface area contributed by atoms with E-state index in [1.165, 1.54) is 23.4 Å². The van der Waals surface area contributed by atoms with Gasteiger partial charge in [-0.3, -0.25) is 4.79 Å². The van der Waals surface area contributed by atoms with E-state index in [2.05, 4.69) is 43.1 Å². The molecule has 1 aliphatic carbocycles. The van der Waals surface area contributed by atoms with Crippen LogP contribution in [0.1, 0.15) is 40.0 Å². The van der Waals surface area contributed by atoms with Crippen LogP contribution >= 0.6 is 0 Å². The molecule has 27 heavy (non-hydrogen) atoms. The van der Waals surface area contributed by atoms with Crippen LogP contribution in [-0.4, -0.2) is 51.3 Å². The van der Waals surface area contributed by atoms with Gasteiger partial charge in [0.25, 0.3) is 5.91 Å². The topological polar surface area (TPSA) is 46.0 Å². The molecule has 150 valence electrons. The first kappa shape index (κ1) is 20.0. The molecule has 2 fully saturated rings. The van der Waals surface area contributed by atoms with Gasteiger partial charge in [-0.05, 0) is 49.4 Å². The molecule has 1 aromatic rings. The molecular formula is C22H36N3O2+. The Bertz CT molecular complexity index is 610. The molecule has 5 nitrogen and oxygen atoms in total. The highest BCUT2D eigenvalue weighted by Gasteiger charge is 2.33. The van der Waals surface area contributed by atoms with Crippen molar-refractivity contribution in [1.29, 1.82) is 0 Å². The smallest absolute Gasteiger partial charge is 0.278 e. The van der Waals surface area contributed by atoms with Gasteiger partial charge in [0.15, 0.2) is 6.04 Å². The van der Waals surface area contributed by atoms with Gasteiger partial charge in [-0.1, -0.05) is 26.7 Å². The number of piperazine rings is 1. The standard InChI is InChI=1S/C22H35N3O2/c1-16-6-5-7-21(17(16)2)23-22(26)18(3)24-12-14-25(15-13-24)19-8-10-20(27-4)11-9-19/h8-11,16-18,21H,5-7,12-15H2,1-4H3,(H,23,26)/p+1/t16-,17+,18+,21-/m0/s1. The zero-order valence-electron chi connectivity index (χ0n) is 17.3. The molecule has 2 aliphatic rings. The maximum atomic E-state index is 12.8. The van der Waals surface area contributed by atoms with Crippen LogP contribution in [0.4, 0.5) is 5.69 Å². The van der Waals surface area contributed by atoms with E-state index >= 15 is 0 Å². The molecule has 4 atom stereocenters. The number of hydrogen-bond acceptors (Lipinski definition) is 3. The third-order valence-corrected chi connectivity index (χ3v) is 6.88. The van der Waals surface area contributed by atoms with E-state index in [1.807, 2.05) is 12.1 Å². The van der Waals surface area contributed by atoms with Crippen LogP contribution in [-0.2, 0) is 4.79 Å². The lowest BCUT2D eigenvalue weighted by molar-refractivity contribution is -0.914. The quantitative estimate of drug-likeness (QED) is 0.825. The number of benzene rings is 1. The Balaban J connectivity index is 1.50. The van der Waals surface area contributed by atoms with E-state index < -0.39 is 0 Å². The second-order valence-electron chi connectivity index (χ2n) is 8.45. The predicted molar refractivity (Wildman–Crippen MR) is 109 cm³/mol. The SMILES string of the molecule is COc1ccc(N2CC[NH+]([C@H](C)C(=O)N[C@H]3CCC[C@H](C)[C@H]3C)CC2)cc1. The Morgan fingerprint density at radius 3 is 2.48 bits per heavy atom. The number of hydrogen-bond donors (Lipinski definition) is 2. The lowest BCUT2D eigenvalue weighted by Crippen LogP contribution is -3.19. The predicted octanol–water partition coefficient (Wildman–Crippen LogP) is 1.73. The fourth-order valence-electron chi connectivity index (χ4n) is 4.56. The van der Waals surface area contributed by atoms with Gasteiger partial charge in [0.1, 0.15) is 5.75 Å². The van der Waals surface area contributed by atoms with Crippen LogP contribution in [0.2, 0.25) is 0 Å². The molecule has 3 rings (SSSR count). The minimum absolute atomic E-state index is 0.0208. The largest absolute Gasteiger partial charge is 0.497 e. The molecule has 1 heterocycles. The molecule has 5 heteroatoms. The summed E-state index contributed by atoms with van der Waals surface area (Å²) < 4.78 is 5.24. The summed E-state index contributed by atoms with van der Waals surface area (Å²) in [7, 11) is 1.69. The summed E-state index contributed by atoms with van der Waals surface area (Å²) in [5, 5.41) is 3.36. The number of methoxy groups -OCH3 is 1. The fraction of sp³-hybridized carbons (Fsp3) is 0.682. The summed E-state index contributed by atoms with van der Waals surface area (Å²) in [6, 6.07) is 8.63. The summed E-state index contributed by atoms with van der Waals surface area (Å²) in [4.78, 5) is 16.6. The molecule has 2 N–H and O–H groups in total. The molecule has 0 spiro atoms. The number of quaternary nitrogens is 1. The first-order chi connectivity index (χ1) is 13.0. The van der Waals surface area contributed by atoms with Crippen molar-refractivity contribution in [3.8, 4) is 5.75 Å². The minimum Gasteiger partial charge on any atom is -0.497 e. The molecule has 1 saturated heterocycles. The van der Waals surface area contributed by atoms with E-state index in [1.54, 1.807) is 7.11 Å². The number of anilines is 1. The van der Waals surface area contributed by atoms with Crippen molar-refractivity contribution in [1.82, 2.24) is 5.32 Å². The second-order valence-corrected chi connectivity index (χ2v) is 8.45. The summed E-state index contributed by atoms with van der Waals surface area (Å²) >= 11 is 0. The van der Waals surface area contributed by atoms with Gasteiger partial charge in [-0.15, -0.1) is 0 Å². The average Bonchev–Trinajstić information content (AvgIpc) is 2.71. The number of carbonyl (C=O) groups is 1. The summed E-state index contributed by atoms with van der Waals surface area (Å²) in [6.45, 7) is 10.7. The maximum absolute atomic E-state index is 12.8. The molecule has 0 unspecified atom stereocenters. The van der Waals surface area contributed by atoms with E-state index in [0.29, 0.717) is 17.9 Å². The van der Waals surface area contributed by atoms with Crippen LogP contribution in [0.5, 0.6) is 5.75 Å². The third-order valence-electron chi connectivity index (χ3n) is 6.88. The van der Waals surface area contributed by atoms with Gasteiger partial charge in [-0.2, -0.15) is 0 Å². The van der Waals surface area contributed by atoms with Crippen molar-refractivity contribution in [3.63, 3.8) is 0 Å². The van der Waals surface area contributed by atoms with E-state index in [9.17, 15) is 4.79 Å². The van der Waals surface area contributed by atoms with E-state index in [4.69, 9.17) is 4.74 Å². The Hall–Kier alpha value is -1.75. The van der Waals surface area contributed by atoms with Crippen LogP contribution in [0.25, 0.3) is 0 Å². The lowest BCUT2D eigenvalue weighted by atomic mass is 9.78. The van der Waals surface area contributed by atoms with Crippen LogP contribution in [0.3, 0.4) is 0 Å². The Morgan fingerprint density at radius 2 is 1.85 bits per heavy atom. The summed E-state index contributed by atoms with van der Waals surface area (Å²) in [5.74, 6) is 2.41. The van der Waals surface area contributed by atoms with Crippen molar-refractivity contribution >= 4 is 11.6 Å². The number of ether oxygens (including phenoxy) is 1. The van der Waals surface area contributed by atoms with Gasteiger partial charge >= 0.3 is 0 Å². The highest BCUT2D eigenvalue weighted by molar-refractivity contribution is 5.80. The van der Waals surface area contributed by atoms with Crippen LogP contribution in [0.15, 0.2) is 24.3 Å². The second kappa shape index (κ2) is 8.96. The Kier molecular flexibility index (Phi) is 6.64. The Labute approximate surface area is 164 Å². The summed E-state index contributed by atoms with van der Waals surface area (Å²) in [6.07, 6.45) is 3.66. The number of nitrogens with one attached hydrogen (secondary N) is 2. The maximum Gasteiger partial charge on any atom is 0.278 e. The van der Waals surface area contributed by atoms with Crippen LogP contribution in [0, 0.1) is 11.8 Å². The van der Waals surface area contributed by atoms with Crippen molar-refractivity contribution in [2.75, 3.05) is 38.2 Å². The summed E-state index contributed by atoms with van der Waals surface area (Å²) in [5.41, 5.74) is 1.23. The fourth-order valence-corrected chi connectivity index (χ4v) is 4.56. The monoisotopic (exact) mass is 374 g/mol. The lowest BCUT2D eigenvalue weighted by Gasteiger charge is -2.38. The number of rotatable bonds is 5. The van der Waals surface area contributed by atoms with Gasteiger partial charge in [0.2, 0.25) is 0 Å². The van der Waals surface area contributed by atoms with Crippen molar-refractivity contribution in [3.05, 3.63) is 24.3 Å². The van der Waals surface area contributed by atoms with E-state index in [-0.39, 0.29) is 11.9 Å².